The van der Waals surface area contributed by atoms with Crippen LogP contribution in [-0.2, 0) is 25.4 Å². The molecule has 4 unspecified atom stereocenters. The molecule has 1 aromatic carbocycles. The molecular formula is C20H24FNO5. The van der Waals surface area contributed by atoms with Crippen molar-refractivity contribution < 1.29 is 28.2 Å². The summed E-state index contributed by atoms with van der Waals surface area (Å²) in [6, 6.07) is 6.12. The van der Waals surface area contributed by atoms with E-state index in [2.05, 4.69) is 12.2 Å². The van der Waals surface area contributed by atoms with Gasteiger partial charge >= 0.3 is 12.1 Å². The average molecular weight is 377 g/mol. The number of amides is 1. The smallest absolute Gasteiger partial charge is 0.410 e. The molecule has 1 amide bonds. The molecule has 1 fully saturated rings. The normalized spacial score (nSPS) is 26.4. The zero-order chi connectivity index (χ0) is 19.4. The number of nitrogens with one attached hydrogen (secondary N) is 1. The molecule has 146 valence electrons. The van der Waals surface area contributed by atoms with Crippen molar-refractivity contribution in [2.45, 2.75) is 32.5 Å². The topological polar surface area (TPSA) is 73.9 Å². The fraction of sp³-hybridized carbons (Fsp3) is 0.500. The van der Waals surface area contributed by atoms with Crippen LogP contribution in [0.25, 0.3) is 0 Å². The van der Waals surface area contributed by atoms with Crippen LogP contribution in [0.3, 0.4) is 0 Å². The van der Waals surface area contributed by atoms with E-state index in [4.69, 9.17) is 14.2 Å². The molecule has 27 heavy (non-hydrogen) atoms. The Morgan fingerprint density at radius 1 is 1.26 bits per heavy atom. The molecule has 0 spiro atoms. The summed E-state index contributed by atoms with van der Waals surface area (Å²) in [7, 11) is 1.34. The molecule has 1 aliphatic heterocycles. The molecule has 0 aromatic heterocycles. The predicted octanol–water partition coefficient (Wildman–Crippen LogP) is 3.17. The van der Waals surface area contributed by atoms with Crippen molar-refractivity contribution in [2.24, 2.45) is 17.8 Å². The number of ether oxygens (including phenoxy) is 3. The van der Waals surface area contributed by atoms with E-state index in [9.17, 15) is 14.0 Å². The van der Waals surface area contributed by atoms with Gasteiger partial charge in [0.2, 0.25) is 6.29 Å². The summed E-state index contributed by atoms with van der Waals surface area (Å²) in [5.41, 5.74) is 1.42. The molecule has 1 aromatic rings. The van der Waals surface area contributed by atoms with Crippen LogP contribution in [0.2, 0.25) is 0 Å². The van der Waals surface area contributed by atoms with Gasteiger partial charge in [-0.25, -0.2) is 14.0 Å². The number of carbonyl (C=O) groups excluding carboxylic acids is 2. The number of benzene rings is 1. The molecule has 1 N–H and O–H groups in total. The number of hydrogen-bond donors (Lipinski definition) is 1. The first-order valence-corrected chi connectivity index (χ1v) is 9.12. The number of fused-ring (bicyclic) bond motifs is 1. The Morgan fingerprint density at radius 2 is 2.00 bits per heavy atom. The van der Waals surface area contributed by atoms with Gasteiger partial charge in [-0.1, -0.05) is 19.1 Å². The zero-order valence-electron chi connectivity index (χ0n) is 15.4. The second-order valence-corrected chi connectivity index (χ2v) is 7.02. The lowest BCUT2D eigenvalue weighted by Crippen LogP contribution is -2.41. The van der Waals surface area contributed by atoms with Crippen LogP contribution in [0.4, 0.5) is 9.18 Å². The summed E-state index contributed by atoms with van der Waals surface area (Å²) in [5, 5.41) is 2.69. The van der Waals surface area contributed by atoms with Crippen molar-refractivity contribution in [1.82, 2.24) is 5.32 Å². The maximum absolute atomic E-state index is 12.9. The van der Waals surface area contributed by atoms with Crippen molar-refractivity contribution in [3.63, 3.8) is 0 Å². The lowest BCUT2D eigenvalue weighted by atomic mass is 9.83. The summed E-state index contributed by atoms with van der Waals surface area (Å²) in [6.45, 7) is 2.43. The molecule has 7 heteroatoms. The number of hydrogen-bond acceptors (Lipinski definition) is 5. The Labute approximate surface area is 157 Å². The summed E-state index contributed by atoms with van der Waals surface area (Å²) in [6.07, 6.45) is 2.39. The number of methoxy groups -OCH3 is 1. The molecule has 1 aliphatic carbocycles. The van der Waals surface area contributed by atoms with Crippen LogP contribution in [-0.4, -0.2) is 32.0 Å². The van der Waals surface area contributed by atoms with Crippen molar-refractivity contribution in [3.05, 3.63) is 47.5 Å². The van der Waals surface area contributed by atoms with Crippen molar-refractivity contribution >= 4 is 12.1 Å². The first kappa shape index (κ1) is 19.2. The lowest BCUT2D eigenvalue weighted by molar-refractivity contribution is -0.145. The zero-order valence-corrected chi connectivity index (χ0v) is 15.4. The molecule has 0 radical (unpaired) electrons. The predicted molar refractivity (Wildman–Crippen MR) is 94.9 cm³/mol. The number of rotatable bonds is 5. The van der Waals surface area contributed by atoms with E-state index >= 15 is 0 Å². The highest BCUT2D eigenvalue weighted by molar-refractivity contribution is 5.89. The van der Waals surface area contributed by atoms with Gasteiger partial charge in [-0.15, -0.1) is 0 Å². The second kappa shape index (κ2) is 8.41. The number of halogens is 1. The number of alkyl carbamates (subject to hydrolysis) is 1. The highest BCUT2D eigenvalue weighted by atomic mass is 19.1. The van der Waals surface area contributed by atoms with E-state index in [1.807, 2.05) is 0 Å². The SMILES string of the molecule is COC(=O)C1=COC(OC(=O)NCCc2ccc(F)cc2)C2C(C)CCC12. The molecule has 1 heterocycles. The third kappa shape index (κ3) is 4.40. The van der Waals surface area contributed by atoms with Gasteiger partial charge in [0, 0.05) is 18.4 Å². The van der Waals surface area contributed by atoms with Gasteiger partial charge in [0.15, 0.2) is 0 Å². The fourth-order valence-corrected chi connectivity index (χ4v) is 3.89. The van der Waals surface area contributed by atoms with Crippen LogP contribution >= 0.6 is 0 Å². The Morgan fingerprint density at radius 3 is 2.70 bits per heavy atom. The van der Waals surface area contributed by atoms with Crippen LogP contribution in [0.15, 0.2) is 36.1 Å². The van der Waals surface area contributed by atoms with Gasteiger partial charge in [0.25, 0.3) is 0 Å². The third-order valence-electron chi connectivity index (χ3n) is 5.34. The van der Waals surface area contributed by atoms with Gasteiger partial charge < -0.3 is 19.5 Å². The van der Waals surface area contributed by atoms with E-state index < -0.39 is 18.4 Å². The largest absolute Gasteiger partial charge is 0.466 e. The summed E-state index contributed by atoms with van der Waals surface area (Å²) in [4.78, 5) is 24.1. The minimum atomic E-state index is -0.730. The first-order valence-electron chi connectivity index (χ1n) is 9.12. The maximum atomic E-state index is 12.9. The quantitative estimate of drug-likeness (QED) is 0.798. The van der Waals surface area contributed by atoms with Crippen LogP contribution in [0, 0.1) is 23.6 Å². The van der Waals surface area contributed by atoms with Gasteiger partial charge in [0.05, 0.1) is 18.9 Å². The standard InChI is InChI=1S/C20H24FNO5/c1-12-3-8-15-16(18(23)25-2)11-26-19(17(12)15)27-20(24)22-10-9-13-4-6-14(21)7-5-13/h4-7,11-12,15,17,19H,3,8-10H2,1-2H3,(H,22,24). The molecule has 3 rings (SSSR count). The number of esters is 1. The van der Waals surface area contributed by atoms with Crippen molar-refractivity contribution in [3.8, 4) is 0 Å². The maximum Gasteiger partial charge on any atom is 0.410 e. The fourth-order valence-electron chi connectivity index (χ4n) is 3.89. The molecule has 2 aliphatic rings. The van der Waals surface area contributed by atoms with Crippen molar-refractivity contribution in [2.75, 3.05) is 13.7 Å². The van der Waals surface area contributed by atoms with E-state index in [1.165, 1.54) is 25.5 Å². The molecule has 0 saturated heterocycles. The summed E-state index contributed by atoms with van der Waals surface area (Å²) in [5.74, 6) is -0.535. The van der Waals surface area contributed by atoms with Crippen LogP contribution < -0.4 is 5.32 Å². The van der Waals surface area contributed by atoms with Gasteiger partial charge in [-0.05, 0) is 42.9 Å². The van der Waals surface area contributed by atoms with E-state index in [0.29, 0.717) is 18.5 Å². The molecule has 6 nitrogen and oxygen atoms in total. The van der Waals surface area contributed by atoms with E-state index in [1.54, 1.807) is 12.1 Å². The van der Waals surface area contributed by atoms with E-state index in [-0.39, 0.29) is 23.6 Å². The molecule has 0 bridgehead atoms. The van der Waals surface area contributed by atoms with Gasteiger partial charge in [-0.2, -0.15) is 0 Å². The Balaban J connectivity index is 1.54. The first-order chi connectivity index (χ1) is 13.0. The minimum Gasteiger partial charge on any atom is -0.466 e. The Bertz CT molecular complexity index is 718. The molecule has 4 atom stereocenters. The minimum absolute atomic E-state index is 0.0294. The summed E-state index contributed by atoms with van der Waals surface area (Å²) >= 11 is 0. The monoisotopic (exact) mass is 377 g/mol. The van der Waals surface area contributed by atoms with E-state index in [0.717, 1.165) is 18.4 Å². The highest BCUT2D eigenvalue weighted by Crippen LogP contribution is 2.46. The van der Waals surface area contributed by atoms with Gasteiger partial charge in [0.1, 0.15) is 5.82 Å². The van der Waals surface area contributed by atoms with Gasteiger partial charge in [-0.3, -0.25) is 0 Å². The molecular weight excluding hydrogens is 353 g/mol. The second-order valence-electron chi connectivity index (χ2n) is 7.02. The Kier molecular flexibility index (Phi) is 5.98. The lowest BCUT2D eigenvalue weighted by Gasteiger charge is -2.34. The van der Waals surface area contributed by atoms with Crippen molar-refractivity contribution in [1.29, 1.82) is 0 Å². The average Bonchev–Trinajstić information content (AvgIpc) is 3.05. The highest BCUT2D eigenvalue weighted by Gasteiger charge is 2.48. The Hall–Kier alpha value is -2.57. The molecule has 1 saturated carbocycles. The number of carbonyl (C=O) groups is 2. The van der Waals surface area contributed by atoms with Crippen LogP contribution in [0.5, 0.6) is 0 Å². The third-order valence-corrected chi connectivity index (χ3v) is 5.34. The van der Waals surface area contributed by atoms with Crippen LogP contribution in [0.1, 0.15) is 25.3 Å². The summed E-state index contributed by atoms with van der Waals surface area (Å²) < 4.78 is 28.7.